The first-order valence-electron chi connectivity index (χ1n) is 11.1. The molecule has 3 aromatic rings. The number of Topliss-reactive ketones (excluding diaryl/α,β-unsaturated/α-hetero) is 1. The molecule has 1 fully saturated rings. The van der Waals surface area contributed by atoms with Crippen molar-refractivity contribution >= 4 is 45.6 Å². The van der Waals surface area contributed by atoms with Crippen molar-refractivity contribution in [3.05, 3.63) is 98.6 Å². The molecule has 1 atom stereocenters. The fraction of sp³-hybridized carbons (Fsp3) is 0.154. The van der Waals surface area contributed by atoms with Crippen LogP contribution in [-0.2, 0) is 14.3 Å². The normalized spacial score (nSPS) is 16.4. The van der Waals surface area contributed by atoms with Gasteiger partial charge in [-0.2, -0.15) is 0 Å². The van der Waals surface area contributed by atoms with E-state index >= 15 is 0 Å². The second kappa shape index (κ2) is 10.6. The van der Waals surface area contributed by atoms with Gasteiger partial charge in [0.05, 0.1) is 29.3 Å². The first-order valence-corrected chi connectivity index (χ1v) is 11.9. The van der Waals surface area contributed by atoms with E-state index in [0.29, 0.717) is 11.3 Å². The van der Waals surface area contributed by atoms with E-state index in [-0.39, 0.29) is 39.1 Å². The van der Waals surface area contributed by atoms with Crippen molar-refractivity contribution in [2.75, 3.05) is 18.6 Å². The zero-order valence-electron chi connectivity index (χ0n) is 20.2. The minimum absolute atomic E-state index is 0.0283. The molecule has 0 spiro atoms. The SMILES string of the molecule is C=CCOc1ccc(/C(O)=C2\C(=O)C(=O)N(c3nc(C)c(C(=O)OC)s3)C2c2ccc([N+](=O)[O-])cc2)cc1. The van der Waals surface area contributed by atoms with Gasteiger partial charge in [-0.15, -0.1) is 0 Å². The number of rotatable bonds is 8. The molecular formula is C26H21N3O8S. The molecule has 1 aliphatic heterocycles. The largest absolute Gasteiger partial charge is 0.507 e. The van der Waals surface area contributed by atoms with Crippen LogP contribution in [0.3, 0.4) is 0 Å². The molecule has 12 heteroatoms. The summed E-state index contributed by atoms with van der Waals surface area (Å²) in [5.41, 5.74) is 0.410. The lowest BCUT2D eigenvalue weighted by Crippen LogP contribution is -2.29. The van der Waals surface area contributed by atoms with Crippen LogP contribution >= 0.6 is 11.3 Å². The Hall–Kier alpha value is -4.84. The summed E-state index contributed by atoms with van der Waals surface area (Å²) in [4.78, 5) is 54.8. The van der Waals surface area contributed by atoms with Crippen molar-refractivity contribution in [3.8, 4) is 5.75 Å². The number of nitrogens with zero attached hydrogens (tertiary/aromatic N) is 3. The number of anilines is 1. The number of aliphatic hydroxyl groups excluding tert-OH is 1. The van der Waals surface area contributed by atoms with Crippen LogP contribution in [0.15, 0.2) is 66.8 Å². The van der Waals surface area contributed by atoms with Gasteiger partial charge in [0.25, 0.3) is 11.5 Å². The van der Waals surface area contributed by atoms with Gasteiger partial charge in [0.2, 0.25) is 0 Å². The van der Waals surface area contributed by atoms with Gasteiger partial charge in [0, 0.05) is 17.7 Å². The summed E-state index contributed by atoms with van der Waals surface area (Å²) < 4.78 is 10.2. The average molecular weight is 536 g/mol. The zero-order chi connectivity index (χ0) is 27.6. The molecule has 0 radical (unpaired) electrons. The smallest absolute Gasteiger partial charge is 0.350 e. The van der Waals surface area contributed by atoms with Crippen molar-refractivity contribution in [1.82, 2.24) is 4.98 Å². The molecule has 4 rings (SSSR count). The van der Waals surface area contributed by atoms with Crippen LogP contribution in [0.4, 0.5) is 10.8 Å². The van der Waals surface area contributed by atoms with Crippen LogP contribution in [0.25, 0.3) is 5.76 Å². The van der Waals surface area contributed by atoms with E-state index in [4.69, 9.17) is 9.47 Å². The molecule has 2 heterocycles. The monoisotopic (exact) mass is 535 g/mol. The lowest BCUT2D eigenvalue weighted by Gasteiger charge is -2.23. The Morgan fingerprint density at radius 2 is 1.87 bits per heavy atom. The van der Waals surface area contributed by atoms with Gasteiger partial charge in [-0.3, -0.25) is 24.6 Å². The Morgan fingerprint density at radius 1 is 1.21 bits per heavy atom. The summed E-state index contributed by atoms with van der Waals surface area (Å²) in [5.74, 6) is -2.57. The number of aliphatic hydroxyl groups is 1. The number of esters is 1. The summed E-state index contributed by atoms with van der Waals surface area (Å²) in [6.07, 6.45) is 1.57. The molecule has 1 amide bonds. The number of carbonyl (C=O) groups excluding carboxylic acids is 3. The maximum atomic E-state index is 13.3. The second-order valence-corrected chi connectivity index (χ2v) is 9.02. The number of aromatic nitrogens is 1. The molecule has 2 aromatic carbocycles. The molecule has 1 N–H and O–H groups in total. The second-order valence-electron chi connectivity index (χ2n) is 8.04. The van der Waals surface area contributed by atoms with Crippen molar-refractivity contribution in [2.45, 2.75) is 13.0 Å². The van der Waals surface area contributed by atoms with Crippen LogP contribution in [0, 0.1) is 17.0 Å². The van der Waals surface area contributed by atoms with E-state index in [9.17, 15) is 29.6 Å². The molecule has 1 aliphatic rings. The predicted octanol–water partition coefficient (Wildman–Crippen LogP) is 4.34. The number of aryl methyl sites for hydroxylation is 1. The Bertz CT molecular complexity index is 1480. The van der Waals surface area contributed by atoms with Gasteiger partial charge < -0.3 is 14.6 Å². The molecule has 0 saturated carbocycles. The van der Waals surface area contributed by atoms with Crippen LogP contribution < -0.4 is 9.64 Å². The number of benzene rings is 2. The first kappa shape index (κ1) is 26.2. The summed E-state index contributed by atoms with van der Waals surface area (Å²) in [5, 5.41) is 22.4. The van der Waals surface area contributed by atoms with E-state index < -0.39 is 34.4 Å². The molecule has 1 aromatic heterocycles. The van der Waals surface area contributed by atoms with Crippen LogP contribution in [0.1, 0.15) is 32.5 Å². The molecule has 0 aliphatic carbocycles. The number of ketones is 1. The van der Waals surface area contributed by atoms with Gasteiger partial charge in [0.15, 0.2) is 5.13 Å². The van der Waals surface area contributed by atoms with E-state index in [2.05, 4.69) is 11.6 Å². The molecule has 0 bridgehead atoms. The number of thiazole rings is 1. The number of hydrogen-bond acceptors (Lipinski definition) is 10. The number of hydrogen-bond donors (Lipinski definition) is 1. The topological polar surface area (TPSA) is 149 Å². The number of non-ortho nitro benzene ring substituents is 1. The summed E-state index contributed by atoms with van der Waals surface area (Å²) in [7, 11) is 1.21. The minimum atomic E-state index is -1.18. The summed E-state index contributed by atoms with van der Waals surface area (Å²) in [6, 6.07) is 10.3. The first-order chi connectivity index (χ1) is 18.2. The number of methoxy groups -OCH3 is 1. The molecular weight excluding hydrogens is 514 g/mol. The van der Waals surface area contributed by atoms with Gasteiger partial charge in [-0.1, -0.05) is 24.0 Å². The van der Waals surface area contributed by atoms with E-state index in [1.54, 1.807) is 25.1 Å². The number of carbonyl (C=O) groups is 3. The maximum Gasteiger partial charge on any atom is 0.350 e. The highest BCUT2D eigenvalue weighted by Gasteiger charge is 2.48. The van der Waals surface area contributed by atoms with E-state index in [0.717, 1.165) is 16.2 Å². The summed E-state index contributed by atoms with van der Waals surface area (Å²) >= 11 is 0.851. The van der Waals surface area contributed by atoms with Crippen molar-refractivity contribution in [3.63, 3.8) is 0 Å². The predicted molar refractivity (Wildman–Crippen MR) is 138 cm³/mol. The number of amides is 1. The lowest BCUT2D eigenvalue weighted by atomic mass is 9.95. The van der Waals surface area contributed by atoms with Gasteiger partial charge in [-0.25, -0.2) is 9.78 Å². The third-order valence-corrected chi connectivity index (χ3v) is 6.86. The highest BCUT2D eigenvalue weighted by Crippen LogP contribution is 2.44. The fourth-order valence-electron chi connectivity index (χ4n) is 3.91. The fourth-order valence-corrected chi connectivity index (χ4v) is 4.92. The highest BCUT2D eigenvalue weighted by atomic mass is 32.1. The molecule has 38 heavy (non-hydrogen) atoms. The Labute approximate surface area is 220 Å². The molecule has 1 saturated heterocycles. The minimum Gasteiger partial charge on any atom is -0.507 e. The summed E-state index contributed by atoms with van der Waals surface area (Å²) in [6.45, 7) is 5.41. The number of nitro groups is 1. The molecule has 11 nitrogen and oxygen atoms in total. The third kappa shape index (κ3) is 4.76. The lowest BCUT2D eigenvalue weighted by molar-refractivity contribution is -0.384. The van der Waals surface area contributed by atoms with Gasteiger partial charge in [-0.05, 0) is 48.9 Å². The highest BCUT2D eigenvalue weighted by molar-refractivity contribution is 7.17. The third-order valence-electron chi connectivity index (χ3n) is 5.72. The zero-order valence-corrected chi connectivity index (χ0v) is 21.1. The van der Waals surface area contributed by atoms with Gasteiger partial charge >= 0.3 is 11.9 Å². The molecule has 194 valence electrons. The Morgan fingerprint density at radius 3 is 2.45 bits per heavy atom. The van der Waals surface area contributed by atoms with Crippen molar-refractivity contribution in [2.24, 2.45) is 0 Å². The molecule has 1 unspecified atom stereocenters. The number of ether oxygens (including phenoxy) is 2. The Balaban J connectivity index is 1.87. The maximum absolute atomic E-state index is 13.3. The van der Waals surface area contributed by atoms with Crippen LogP contribution in [-0.4, -0.2) is 46.4 Å². The van der Waals surface area contributed by atoms with E-state index in [1.165, 1.54) is 43.5 Å². The van der Waals surface area contributed by atoms with Crippen LogP contribution in [0.2, 0.25) is 0 Å². The standard InChI is InChI=1S/C26H21N3O8S/c1-4-13-37-18-11-7-16(8-12-18)21(30)19-20(15-5-9-17(10-6-15)29(34)35)28(24(32)22(19)31)26-27-14(2)23(38-26)25(33)36-3/h4-12,20,30H,1,13H2,2-3H3/b21-19+. The van der Waals surface area contributed by atoms with Crippen molar-refractivity contribution < 1.29 is 33.9 Å². The number of nitro benzene ring substituents is 1. The van der Waals surface area contributed by atoms with E-state index in [1.807, 2.05) is 0 Å². The van der Waals surface area contributed by atoms with Gasteiger partial charge in [0.1, 0.15) is 23.0 Å². The van der Waals surface area contributed by atoms with Crippen LogP contribution in [0.5, 0.6) is 5.75 Å². The quantitative estimate of drug-likeness (QED) is 0.0845. The average Bonchev–Trinajstić information content (AvgIpc) is 3.43. The Kier molecular flexibility index (Phi) is 7.35. The van der Waals surface area contributed by atoms with Crippen molar-refractivity contribution in [1.29, 1.82) is 0 Å².